The van der Waals surface area contributed by atoms with Gasteiger partial charge in [-0.2, -0.15) is 0 Å². The summed E-state index contributed by atoms with van der Waals surface area (Å²) in [5.41, 5.74) is 1.04. The second-order valence-electron chi connectivity index (χ2n) is 5.86. The van der Waals surface area contributed by atoms with Gasteiger partial charge in [-0.1, -0.05) is 49.4 Å². The number of nitrogens with zero attached hydrogens (tertiary/aromatic N) is 1. The van der Waals surface area contributed by atoms with Gasteiger partial charge in [0.2, 0.25) is 0 Å². The van der Waals surface area contributed by atoms with E-state index in [0.29, 0.717) is 0 Å². The number of rotatable bonds is 5. The first-order valence-corrected chi connectivity index (χ1v) is 7.62. The van der Waals surface area contributed by atoms with Crippen LogP contribution in [0.3, 0.4) is 0 Å². The number of hydrogen-bond donors (Lipinski definition) is 2. The molecule has 5 nitrogen and oxygen atoms in total. The summed E-state index contributed by atoms with van der Waals surface area (Å²) in [6.07, 6.45) is 0. The molecule has 0 aliphatic rings. The first-order chi connectivity index (χ1) is 10.9. The Labute approximate surface area is 135 Å². The van der Waals surface area contributed by atoms with E-state index in [0.717, 1.165) is 16.3 Å². The van der Waals surface area contributed by atoms with E-state index >= 15 is 0 Å². The van der Waals surface area contributed by atoms with Gasteiger partial charge in [-0.15, -0.1) is 0 Å². The molecule has 0 aromatic heterocycles. The molecule has 5 heteroatoms. The molecule has 2 unspecified atom stereocenters. The summed E-state index contributed by atoms with van der Waals surface area (Å²) in [4.78, 5) is 24.5. The molecule has 2 amide bonds. The van der Waals surface area contributed by atoms with Gasteiger partial charge in [-0.05, 0) is 23.3 Å². The lowest BCUT2D eigenvalue weighted by atomic mass is 10.00. The number of benzene rings is 2. The number of carbonyl (C=O) groups excluding carboxylic acids is 1. The van der Waals surface area contributed by atoms with Crippen molar-refractivity contribution in [2.45, 2.75) is 19.9 Å². The summed E-state index contributed by atoms with van der Waals surface area (Å²) < 4.78 is 0. The van der Waals surface area contributed by atoms with Crippen LogP contribution in [0.5, 0.6) is 0 Å². The fourth-order valence-corrected chi connectivity index (χ4v) is 2.57. The quantitative estimate of drug-likeness (QED) is 0.890. The molecule has 0 aliphatic heterocycles. The van der Waals surface area contributed by atoms with Crippen LogP contribution in [-0.2, 0) is 4.79 Å². The molecule has 0 heterocycles. The molecule has 0 aliphatic carbocycles. The Morgan fingerprint density at radius 3 is 2.48 bits per heavy atom. The smallest absolute Gasteiger partial charge is 0.317 e. The van der Waals surface area contributed by atoms with Crippen LogP contribution in [0, 0.1) is 5.92 Å². The monoisotopic (exact) mass is 314 g/mol. The van der Waals surface area contributed by atoms with Crippen molar-refractivity contribution in [3.8, 4) is 0 Å². The average molecular weight is 314 g/mol. The van der Waals surface area contributed by atoms with Gasteiger partial charge in [0.25, 0.3) is 0 Å². The minimum absolute atomic E-state index is 0.170. The van der Waals surface area contributed by atoms with Crippen molar-refractivity contribution < 1.29 is 14.7 Å². The predicted molar refractivity (Wildman–Crippen MR) is 90.3 cm³/mol. The SMILES string of the molecule is CC(CN(C)C(=O)NC(C)c1cccc2ccccc12)C(=O)O. The lowest BCUT2D eigenvalue weighted by Gasteiger charge is -2.23. The Morgan fingerprint density at radius 1 is 1.13 bits per heavy atom. The van der Waals surface area contributed by atoms with E-state index in [1.54, 1.807) is 14.0 Å². The van der Waals surface area contributed by atoms with Crippen molar-refractivity contribution >= 4 is 22.8 Å². The number of nitrogens with one attached hydrogen (secondary N) is 1. The summed E-state index contributed by atoms with van der Waals surface area (Å²) >= 11 is 0. The van der Waals surface area contributed by atoms with Gasteiger partial charge in [0, 0.05) is 13.6 Å². The lowest BCUT2D eigenvalue weighted by Crippen LogP contribution is -2.41. The van der Waals surface area contributed by atoms with Crippen molar-refractivity contribution in [1.82, 2.24) is 10.2 Å². The van der Waals surface area contributed by atoms with Crippen LogP contribution >= 0.6 is 0 Å². The number of hydrogen-bond acceptors (Lipinski definition) is 2. The molecule has 0 bridgehead atoms. The highest BCUT2D eigenvalue weighted by Gasteiger charge is 2.19. The molecule has 0 saturated heterocycles. The normalized spacial score (nSPS) is 13.3. The molecule has 122 valence electrons. The van der Waals surface area contributed by atoms with E-state index in [-0.39, 0.29) is 18.6 Å². The summed E-state index contributed by atoms with van der Waals surface area (Å²) in [5.74, 6) is -1.51. The fourth-order valence-electron chi connectivity index (χ4n) is 2.57. The molecule has 23 heavy (non-hydrogen) atoms. The first-order valence-electron chi connectivity index (χ1n) is 7.62. The van der Waals surface area contributed by atoms with Crippen molar-refractivity contribution in [3.63, 3.8) is 0 Å². The van der Waals surface area contributed by atoms with E-state index in [4.69, 9.17) is 5.11 Å². The van der Waals surface area contributed by atoms with Gasteiger partial charge in [-0.25, -0.2) is 4.79 Å². The number of amides is 2. The fraction of sp³-hybridized carbons (Fsp3) is 0.333. The molecule has 0 fully saturated rings. The van der Waals surface area contributed by atoms with Crippen molar-refractivity contribution in [3.05, 3.63) is 48.0 Å². The van der Waals surface area contributed by atoms with Crippen LogP contribution in [0.25, 0.3) is 10.8 Å². The Balaban J connectivity index is 2.10. The summed E-state index contributed by atoms with van der Waals surface area (Å²) in [5, 5.41) is 14.1. The van der Waals surface area contributed by atoms with Crippen LogP contribution in [0.4, 0.5) is 4.79 Å². The molecule has 2 rings (SSSR count). The van der Waals surface area contributed by atoms with Gasteiger partial charge in [0.1, 0.15) is 0 Å². The van der Waals surface area contributed by atoms with Crippen molar-refractivity contribution in [2.24, 2.45) is 5.92 Å². The third kappa shape index (κ3) is 4.00. The van der Waals surface area contributed by atoms with E-state index in [1.165, 1.54) is 4.90 Å². The van der Waals surface area contributed by atoms with Gasteiger partial charge < -0.3 is 15.3 Å². The number of carbonyl (C=O) groups is 2. The Kier molecular flexibility index (Phi) is 5.21. The zero-order valence-electron chi connectivity index (χ0n) is 13.6. The molecule has 2 aromatic rings. The second-order valence-corrected chi connectivity index (χ2v) is 5.86. The highest BCUT2D eigenvalue weighted by molar-refractivity contribution is 5.86. The highest BCUT2D eigenvalue weighted by Crippen LogP contribution is 2.24. The Hall–Kier alpha value is -2.56. The minimum Gasteiger partial charge on any atom is -0.481 e. The minimum atomic E-state index is -0.910. The number of carboxylic acid groups (broad SMARTS) is 1. The van der Waals surface area contributed by atoms with Crippen LogP contribution in [0.1, 0.15) is 25.5 Å². The topological polar surface area (TPSA) is 69.6 Å². The second kappa shape index (κ2) is 7.13. The van der Waals surface area contributed by atoms with E-state index in [1.807, 2.05) is 49.4 Å². The number of fused-ring (bicyclic) bond motifs is 1. The molecule has 2 N–H and O–H groups in total. The summed E-state index contributed by atoms with van der Waals surface area (Å²) in [6, 6.07) is 13.6. The average Bonchev–Trinajstić information content (AvgIpc) is 2.53. The number of carboxylic acids is 1. The molecule has 0 spiro atoms. The van der Waals surface area contributed by atoms with Gasteiger partial charge in [0.05, 0.1) is 12.0 Å². The molecule has 0 saturated carbocycles. The lowest BCUT2D eigenvalue weighted by molar-refractivity contribution is -0.141. The zero-order chi connectivity index (χ0) is 17.0. The van der Waals surface area contributed by atoms with Crippen molar-refractivity contribution in [1.29, 1.82) is 0 Å². The van der Waals surface area contributed by atoms with Gasteiger partial charge in [0.15, 0.2) is 0 Å². The van der Waals surface area contributed by atoms with Crippen LogP contribution in [0.15, 0.2) is 42.5 Å². The maximum absolute atomic E-state index is 12.2. The predicted octanol–water partition coefficient (Wildman–Crippen LogP) is 3.26. The van der Waals surface area contributed by atoms with Gasteiger partial charge >= 0.3 is 12.0 Å². The summed E-state index contributed by atoms with van der Waals surface area (Å²) in [7, 11) is 1.60. The van der Waals surface area contributed by atoms with Crippen LogP contribution in [0.2, 0.25) is 0 Å². The van der Waals surface area contributed by atoms with Crippen molar-refractivity contribution in [2.75, 3.05) is 13.6 Å². The first kappa shape index (κ1) is 16.8. The molecular formula is C18H22N2O3. The molecular weight excluding hydrogens is 292 g/mol. The van der Waals surface area contributed by atoms with E-state index < -0.39 is 11.9 Å². The maximum atomic E-state index is 12.2. The molecule has 2 aromatic carbocycles. The zero-order valence-corrected chi connectivity index (χ0v) is 13.6. The number of urea groups is 1. The number of aliphatic carboxylic acids is 1. The largest absolute Gasteiger partial charge is 0.481 e. The summed E-state index contributed by atoms with van der Waals surface area (Å²) in [6.45, 7) is 3.68. The van der Waals surface area contributed by atoms with Crippen LogP contribution in [-0.4, -0.2) is 35.6 Å². The Morgan fingerprint density at radius 2 is 1.78 bits per heavy atom. The maximum Gasteiger partial charge on any atom is 0.317 e. The Bertz CT molecular complexity index is 709. The third-order valence-electron chi connectivity index (χ3n) is 3.95. The highest BCUT2D eigenvalue weighted by atomic mass is 16.4. The third-order valence-corrected chi connectivity index (χ3v) is 3.95. The van der Waals surface area contributed by atoms with Gasteiger partial charge in [-0.3, -0.25) is 4.79 Å². The standard InChI is InChI=1S/C18H22N2O3/c1-12(17(21)22)11-20(3)18(23)19-13(2)15-10-6-8-14-7-4-5-9-16(14)15/h4-10,12-13H,11H2,1-3H3,(H,19,23)(H,21,22). The van der Waals surface area contributed by atoms with Crippen LogP contribution < -0.4 is 5.32 Å². The molecule has 2 atom stereocenters. The molecule has 0 radical (unpaired) electrons. The van der Waals surface area contributed by atoms with E-state index in [9.17, 15) is 9.59 Å². The van der Waals surface area contributed by atoms with E-state index in [2.05, 4.69) is 5.32 Å².